The zero-order valence-electron chi connectivity index (χ0n) is 13.6. The summed E-state index contributed by atoms with van der Waals surface area (Å²) in [4.78, 5) is 11.4. The Labute approximate surface area is 141 Å². The highest BCUT2D eigenvalue weighted by atomic mass is 32.2. The summed E-state index contributed by atoms with van der Waals surface area (Å²) in [6.45, 7) is 2.32. The fourth-order valence-electron chi connectivity index (χ4n) is 3.45. The van der Waals surface area contributed by atoms with E-state index in [1.54, 1.807) is 6.07 Å². The average molecular weight is 350 g/mol. The number of rotatable bonds is 4. The normalized spacial score (nSPS) is 25.0. The molecule has 0 saturated heterocycles. The van der Waals surface area contributed by atoms with Crippen molar-refractivity contribution in [1.82, 2.24) is 4.72 Å². The molecule has 24 heavy (non-hydrogen) atoms. The molecule has 1 heterocycles. The zero-order chi connectivity index (χ0) is 17.4. The predicted octanol–water partition coefficient (Wildman–Crippen LogP) is 1.98. The summed E-state index contributed by atoms with van der Waals surface area (Å²) in [6, 6.07) is 7.30. The number of nitrogens with two attached hydrogens (primary N) is 1. The van der Waals surface area contributed by atoms with E-state index in [1.165, 1.54) is 24.3 Å². The first-order chi connectivity index (χ1) is 11.4. The van der Waals surface area contributed by atoms with Gasteiger partial charge in [0.15, 0.2) is 0 Å². The Bertz CT molecular complexity index is 906. The van der Waals surface area contributed by atoms with Crippen molar-refractivity contribution in [2.75, 3.05) is 6.54 Å². The van der Waals surface area contributed by atoms with Crippen LogP contribution in [-0.4, -0.2) is 20.5 Å². The summed E-state index contributed by atoms with van der Waals surface area (Å²) in [7, 11) is -3.71. The van der Waals surface area contributed by atoms with Crippen LogP contribution in [0.15, 0.2) is 44.4 Å². The number of fused-ring (bicyclic) bond motifs is 1. The second-order valence-electron chi connectivity index (χ2n) is 6.57. The first kappa shape index (κ1) is 17.1. The molecular weight excluding hydrogens is 328 g/mol. The lowest BCUT2D eigenvalue weighted by Gasteiger charge is -2.42. The third-order valence-electron chi connectivity index (χ3n) is 5.06. The number of benzene rings is 1. The van der Waals surface area contributed by atoms with Crippen molar-refractivity contribution in [2.45, 2.75) is 43.0 Å². The van der Waals surface area contributed by atoms with Crippen LogP contribution >= 0.6 is 0 Å². The summed E-state index contributed by atoms with van der Waals surface area (Å²) in [5.41, 5.74) is 5.24. The molecule has 130 valence electrons. The number of sulfonamides is 1. The van der Waals surface area contributed by atoms with E-state index in [4.69, 9.17) is 10.2 Å². The van der Waals surface area contributed by atoms with Crippen molar-refractivity contribution in [3.05, 3.63) is 40.8 Å². The van der Waals surface area contributed by atoms with Crippen molar-refractivity contribution < 1.29 is 12.8 Å². The highest BCUT2D eigenvalue weighted by molar-refractivity contribution is 7.89. The van der Waals surface area contributed by atoms with Crippen molar-refractivity contribution >= 4 is 21.0 Å². The molecule has 3 N–H and O–H groups in total. The largest absolute Gasteiger partial charge is 0.423 e. The minimum Gasteiger partial charge on any atom is -0.423 e. The number of nitrogens with one attached hydrogen (secondary N) is 1. The number of hydrogen-bond donors (Lipinski definition) is 2. The molecule has 0 amide bonds. The van der Waals surface area contributed by atoms with Gasteiger partial charge in [-0.2, -0.15) is 0 Å². The molecule has 0 aliphatic heterocycles. The second-order valence-corrected chi connectivity index (χ2v) is 8.25. The van der Waals surface area contributed by atoms with Gasteiger partial charge in [0.05, 0.1) is 4.90 Å². The summed E-state index contributed by atoms with van der Waals surface area (Å²) in [6.07, 6.45) is 3.77. The van der Waals surface area contributed by atoms with E-state index in [0.717, 1.165) is 25.7 Å². The Hall–Kier alpha value is -1.70. The molecule has 1 aromatic heterocycles. The fourth-order valence-corrected chi connectivity index (χ4v) is 5.02. The van der Waals surface area contributed by atoms with Gasteiger partial charge in [-0.3, -0.25) is 0 Å². The third kappa shape index (κ3) is 3.11. The van der Waals surface area contributed by atoms with E-state index >= 15 is 0 Å². The molecule has 1 aliphatic rings. The highest BCUT2D eigenvalue weighted by Gasteiger charge is 2.40. The highest BCUT2D eigenvalue weighted by Crippen LogP contribution is 2.34. The van der Waals surface area contributed by atoms with Crippen LogP contribution in [0.1, 0.15) is 32.6 Å². The number of hydrogen-bond acceptors (Lipinski definition) is 5. The molecule has 1 fully saturated rings. The molecule has 2 atom stereocenters. The van der Waals surface area contributed by atoms with Gasteiger partial charge in [0.1, 0.15) is 5.58 Å². The van der Waals surface area contributed by atoms with Gasteiger partial charge in [-0.1, -0.05) is 19.8 Å². The molecule has 1 aliphatic carbocycles. The maximum Gasteiger partial charge on any atom is 0.336 e. The molecule has 0 spiro atoms. The quantitative estimate of drug-likeness (QED) is 0.821. The van der Waals surface area contributed by atoms with Gasteiger partial charge in [0.2, 0.25) is 10.0 Å². The van der Waals surface area contributed by atoms with Crippen molar-refractivity contribution in [2.24, 2.45) is 11.7 Å². The summed E-state index contributed by atoms with van der Waals surface area (Å²) in [5, 5.41) is 0.566. The molecule has 2 aromatic rings. The van der Waals surface area contributed by atoms with Gasteiger partial charge in [-0.05, 0) is 43.0 Å². The summed E-state index contributed by atoms with van der Waals surface area (Å²) >= 11 is 0. The molecule has 0 bridgehead atoms. The summed E-state index contributed by atoms with van der Waals surface area (Å²) in [5.74, 6) is 0.185. The van der Waals surface area contributed by atoms with Crippen LogP contribution in [-0.2, 0) is 10.0 Å². The molecule has 2 unspecified atom stereocenters. The van der Waals surface area contributed by atoms with E-state index in [0.29, 0.717) is 11.0 Å². The van der Waals surface area contributed by atoms with Crippen LogP contribution in [0, 0.1) is 5.92 Å². The lowest BCUT2D eigenvalue weighted by atomic mass is 9.74. The van der Waals surface area contributed by atoms with E-state index in [1.807, 2.05) is 6.92 Å². The minimum atomic E-state index is -3.71. The third-order valence-corrected chi connectivity index (χ3v) is 6.61. The second kappa shape index (κ2) is 6.31. The van der Waals surface area contributed by atoms with Gasteiger partial charge in [0, 0.05) is 23.5 Å². The first-order valence-electron chi connectivity index (χ1n) is 8.14. The maximum atomic E-state index is 12.9. The molecule has 7 heteroatoms. The van der Waals surface area contributed by atoms with E-state index in [-0.39, 0.29) is 17.4 Å². The van der Waals surface area contributed by atoms with Gasteiger partial charge >= 0.3 is 5.63 Å². The SMILES string of the molecule is CC1CCCCC1(CN)NS(=O)(=O)c1ccc2oc(=O)ccc2c1. The smallest absolute Gasteiger partial charge is 0.336 e. The Kier molecular flexibility index (Phi) is 4.50. The van der Waals surface area contributed by atoms with Crippen LogP contribution < -0.4 is 16.1 Å². The van der Waals surface area contributed by atoms with Crippen molar-refractivity contribution in [1.29, 1.82) is 0 Å². The van der Waals surface area contributed by atoms with Crippen LogP contribution in [0.2, 0.25) is 0 Å². The molecule has 1 aromatic carbocycles. The van der Waals surface area contributed by atoms with Crippen molar-refractivity contribution in [3.63, 3.8) is 0 Å². The maximum absolute atomic E-state index is 12.9. The van der Waals surface area contributed by atoms with Crippen LogP contribution in [0.25, 0.3) is 11.0 Å². The lowest BCUT2D eigenvalue weighted by Crippen LogP contribution is -2.58. The predicted molar refractivity (Wildman–Crippen MR) is 92.2 cm³/mol. The van der Waals surface area contributed by atoms with Crippen LogP contribution in [0.3, 0.4) is 0 Å². The zero-order valence-corrected chi connectivity index (χ0v) is 14.4. The van der Waals surface area contributed by atoms with Gasteiger partial charge in [-0.15, -0.1) is 0 Å². The molecule has 0 radical (unpaired) electrons. The summed E-state index contributed by atoms with van der Waals surface area (Å²) < 4.78 is 33.6. The molecule has 6 nitrogen and oxygen atoms in total. The molecular formula is C17H22N2O4S. The monoisotopic (exact) mass is 350 g/mol. The Balaban J connectivity index is 1.98. The van der Waals surface area contributed by atoms with Crippen molar-refractivity contribution in [3.8, 4) is 0 Å². The van der Waals surface area contributed by atoms with Crippen LogP contribution in [0.5, 0.6) is 0 Å². The molecule has 1 saturated carbocycles. The Morgan fingerprint density at radius 1 is 1.29 bits per heavy atom. The Morgan fingerprint density at radius 2 is 2.08 bits per heavy atom. The lowest BCUT2D eigenvalue weighted by molar-refractivity contribution is 0.191. The van der Waals surface area contributed by atoms with Gasteiger partial charge in [0.25, 0.3) is 0 Å². The van der Waals surface area contributed by atoms with Gasteiger partial charge < -0.3 is 10.2 Å². The fraction of sp³-hybridized carbons (Fsp3) is 0.471. The van der Waals surface area contributed by atoms with Crippen LogP contribution in [0.4, 0.5) is 0 Å². The first-order valence-corrected chi connectivity index (χ1v) is 9.63. The van der Waals surface area contributed by atoms with E-state index in [9.17, 15) is 13.2 Å². The van der Waals surface area contributed by atoms with Gasteiger partial charge in [-0.25, -0.2) is 17.9 Å². The van der Waals surface area contributed by atoms with E-state index < -0.39 is 21.2 Å². The molecule has 3 rings (SSSR count). The minimum absolute atomic E-state index is 0.148. The van der Waals surface area contributed by atoms with E-state index in [2.05, 4.69) is 4.72 Å². The topological polar surface area (TPSA) is 102 Å². The standard InChI is InChI=1S/C17H22N2O4S/c1-12-4-2-3-9-17(12,11-18)19-24(21,22)14-6-7-15-13(10-14)5-8-16(20)23-15/h5-8,10,12,19H,2-4,9,11,18H2,1H3. The average Bonchev–Trinajstić information content (AvgIpc) is 2.56. The Morgan fingerprint density at radius 3 is 2.79 bits per heavy atom.